The van der Waals surface area contributed by atoms with E-state index in [2.05, 4.69) is 72.8 Å². The van der Waals surface area contributed by atoms with Crippen LogP contribution >= 0.6 is 0 Å². The fourth-order valence-corrected chi connectivity index (χ4v) is 8.19. The van der Waals surface area contributed by atoms with Crippen LogP contribution in [0.15, 0.2) is 168 Å². The van der Waals surface area contributed by atoms with Crippen molar-refractivity contribution in [3.63, 3.8) is 0 Å². The van der Waals surface area contributed by atoms with Gasteiger partial charge in [0, 0.05) is 22.3 Å². The van der Waals surface area contributed by atoms with E-state index < -0.39 is 11.2 Å². The number of aliphatic imine (C=N–C) groups is 2. The Kier molecular flexibility index (Phi) is 15.7. The van der Waals surface area contributed by atoms with E-state index in [9.17, 15) is 0 Å². The summed E-state index contributed by atoms with van der Waals surface area (Å²) in [5, 5.41) is 0. The largest absolute Gasteiger partial charge is 2.00 e. The maximum absolute atomic E-state index is 7.31. The van der Waals surface area contributed by atoms with Gasteiger partial charge < -0.3 is 62.4 Å². The average molecular weight is 977 g/mol. The van der Waals surface area contributed by atoms with Crippen molar-refractivity contribution in [2.45, 2.75) is 42.5 Å². The summed E-state index contributed by atoms with van der Waals surface area (Å²) in [6, 6.07) is 52.2. The normalized spacial score (nSPS) is 16.9. The van der Waals surface area contributed by atoms with E-state index >= 15 is 0 Å². The number of hydrogen-bond acceptors (Lipinski definition) is 8. The second-order valence-electron chi connectivity index (χ2n) is 14.2. The third-order valence-corrected chi connectivity index (χ3v) is 10.9. The summed E-state index contributed by atoms with van der Waals surface area (Å²) in [6.45, 7) is 0. The second kappa shape index (κ2) is 20.5. The maximum Gasteiger partial charge on any atom is 2.00 e. The fourth-order valence-electron chi connectivity index (χ4n) is 8.19. The molecule has 2 atom stereocenters. The van der Waals surface area contributed by atoms with Gasteiger partial charge in [-0.3, -0.25) is 0 Å². The molecule has 8 nitrogen and oxygen atoms in total. The number of benzene rings is 6. The summed E-state index contributed by atoms with van der Waals surface area (Å²) in [6.07, 6.45) is 1.45. The predicted molar refractivity (Wildman–Crippen MR) is 223 cm³/mol. The van der Waals surface area contributed by atoms with Crippen molar-refractivity contribution in [2.24, 2.45) is 9.98 Å². The van der Waals surface area contributed by atoms with E-state index in [1.807, 2.05) is 84.9 Å². The van der Waals surface area contributed by atoms with Crippen LogP contribution in [0.25, 0.3) is 0 Å². The van der Waals surface area contributed by atoms with E-state index in [-0.39, 0.29) is 69.0 Å². The Morgan fingerprint density at radius 1 is 0.433 bits per heavy atom. The van der Waals surface area contributed by atoms with Gasteiger partial charge in [-0.05, 0) is 72.5 Å². The van der Waals surface area contributed by atoms with Crippen molar-refractivity contribution in [2.75, 3.05) is 28.4 Å². The molecule has 0 fully saturated rings. The molecule has 2 heterocycles. The Morgan fingerprint density at radius 3 is 1.02 bits per heavy atom. The first-order valence-corrected chi connectivity index (χ1v) is 19.1. The third-order valence-electron chi connectivity index (χ3n) is 10.9. The zero-order valence-electron chi connectivity index (χ0n) is 33.7. The third kappa shape index (κ3) is 9.14. The van der Waals surface area contributed by atoms with Crippen LogP contribution in [-0.2, 0) is 50.0 Å². The molecule has 2 aliphatic rings. The smallest absolute Gasteiger partial charge is 1.00 e. The monoisotopic (exact) mass is 974 g/mol. The maximum atomic E-state index is 7.31. The summed E-state index contributed by atoms with van der Waals surface area (Å²) in [5.74, 6) is 3.92. The predicted octanol–water partition coefficient (Wildman–Crippen LogP) is 3.38. The van der Waals surface area contributed by atoms with E-state index in [4.69, 9.17) is 38.4 Å². The van der Waals surface area contributed by atoms with Crippen LogP contribution in [0.5, 0.6) is 23.0 Å². The van der Waals surface area contributed by atoms with Gasteiger partial charge in [0.25, 0.3) is 0 Å². The van der Waals surface area contributed by atoms with Gasteiger partial charge in [-0.2, -0.15) is 0 Å². The minimum Gasteiger partial charge on any atom is -1.00 e. The van der Waals surface area contributed by atoms with E-state index in [0.717, 1.165) is 56.4 Å². The van der Waals surface area contributed by atoms with Crippen molar-refractivity contribution >= 4 is 11.8 Å². The molecule has 0 unspecified atom stereocenters. The fraction of sp³-hybridized carbons (Fsp3) is 0.224. The molecule has 11 heteroatoms. The van der Waals surface area contributed by atoms with Crippen molar-refractivity contribution in [1.29, 1.82) is 0 Å². The Morgan fingerprint density at radius 2 is 0.733 bits per heavy atom. The molecular formula is C49H46Br2N2NiO6. The number of nitrogens with zero attached hydrogens (tertiary/aromatic N) is 2. The molecule has 312 valence electrons. The summed E-state index contributed by atoms with van der Waals surface area (Å²) in [7, 11) is 6.70. The molecule has 6 aromatic rings. The molecule has 0 saturated carbocycles. The summed E-state index contributed by atoms with van der Waals surface area (Å²) >= 11 is 0. The van der Waals surface area contributed by atoms with Crippen molar-refractivity contribution < 1.29 is 78.9 Å². The first-order chi connectivity index (χ1) is 28.0. The minimum absolute atomic E-state index is 0. The Labute approximate surface area is 383 Å². The Hall–Kier alpha value is -5.09. The standard InChI is InChI=1S/C49H46N2O6.2BrH.Ni/c1-52-40-23-11-19-36(29-40)48(37-20-12-24-41(30-37)53-2)44(27-34-15-7-5-8-16-34)50-46(56-48)33-47-51-45(28-35-17-9-6-10-18-35)49(57-47,38-21-13-25-42(31-38)54-3)39-22-14-26-43(32-39)55-4;;;/h5-26,29-32,44-45H,27-28,33H2,1-4H3;2*1H;/q;;;+2/p-2/t44-,45-;;;/m1.../s1. The topological polar surface area (TPSA) is 80.1 Å². The van der Waals surface area contributed by atoms with E-state index in [1.54, 1.807) is 28.4 Å². The molecule has 0 aliphatic carbocycles. The zero-order valence-corrected chi connectivity index (χ0v) is 37.9. The van der Waals surface area contributed by atoms with Gasteiger partial charge in [0.2, 0.25) is 0 Å². The molecule has 0 radical (unpaired) electrons. The van der Waals surface area contributed by atoms with Crippen LogP contribution in [0.3, 0.4) is 0 Å². The van der Waals surface area contributed by atoms with E-state index in [1.165, 1.54) is 0 Å². The van der Waals surface area contributed by atoms with Gasteiger partial charge in [-0.15, -0.1) is 0 Å². The molecule has 0 N–H and O–H groups in total. The first-order valence-electron chi connectivity index (χ1n) is 19.1. The van der Waals surface area contributed by atoms with Gasteiger partial charge in [0.1, 0.15) is 35.1 Å². The molecule has 0 aromatic heterocycles. The Balaban J connectivity index is 0.00000228. The summed E-state index contributed by atoms with van der Waals surface area (Å²) in [5.41, 5.74) is 3.85. The molecule has 0 saturated heterocycles. The molecule has 0 amide bonds. The summed E-state index contributed by atoms with van der Waals surface area (Å²) < 4.78 is 37.6. The quantitative estimate of drug-likeness (QED) is 0.156. The number of rotatable bonds is 14. The molecule has 2 aliphatic heterocycles. The van der Waals surface area contributed by atoms with Crippen LogP contribution < -0.4 is 52.9 Å². The minimum atomic E-state index is -1.03. The molecular weight excluding hydrogens is 931 g/mol. The van der Waals surface area contributed by atoms with Crippen molar-refractivity contribution in [3.8, 4) is 23.0 Å². The van der Waals surface area contributed by atoms with Crippen molar-refractivity contribution in [3.05, 3.63) is 191 Å². The van der Waals surface area contributed by atoms with Crippen LogP contribution in [0.2, 0.25) is 0 Å². The Bertz CT molecular complexity index is 2140. The number of halogens is 2. The number of methoxy groups -OCH3 is 4. The van der Waals surface area contributed by atoms with Crippen LogP contribution in [-0.4, -0.2) is 52.3 Å². The van der Waals surface area contributed by atoms with Gasteiger partial charge in [-0.25, -0.2) is 9.98 Å². The molecule has 60 heavy (non-hydrogen) atoms. The molecule has 0 bridgehead atoms. The van der Waals surface area contributed by atoms with Crippen LogP contribution in [0, 0.1) is 0 Å². The first kappa shape index (κ1) is 46.0. The van der Waals surface area contributed by atoms with E-state index in [0.29, 0.717) is 24.6 Å². The van der Waals surface area contributed by atoms with Gasteiger partial charge in [0.15, 0.2) is 23.0 Å². The number of hydrogen-bond donors (Lipinski definition) is 0. The molecule has 0 spiro atoms. The number of ether oxygens (including phenoxy) is 6. The molecule has 6 aromatic carbocycles. The zero-order chi connectivity index (χ0) is 39.2. The van der Waals surface area contributed by atoms with Gasteiger partial charge in [-0.1, -0.05) is 109 Å². The molecule has 8 rings (SSSR count). The average Bonchev–Trinajstić information content (AvgIpc) is 3.82. The van der Waals surface area contributed by atoms with Crippen molar-refractivity contribution in [1.82, 2.24) is 0 Å². The SMILES string of the molecule is COc1cccc(C2(c3cccc(OC)c3)OC(CC3=N[C@H](Cc4ccccc4)C(c4cccc(OC)c4)(c4cccc(OC)c4)O3)=N[C@@H]2Cc2ccccc2)c1.[Br-].[Br-].[Ni+2]. The van der Waals surface area contributed by atoms with Gasteiger partial charge >= 0.3 is 16.5 Å². The van der Waals surface area contributed by atoms with Gasteiger partial charge in [0.05, 0.1) is 34.9 Å². The van der Waals surface area contributed by atoms with Crippen LogP contribution in [0.1, 0.15) is 39.8 Å². The summed E-state index contributed by atoms with van der Waals surface area (Å²) in [4.78, 5) is 10.9. The van der Waals surface area contributed by atoms with Crippen LogP contribution in [0.4, 0.5) is 0 Å². The second-order valence-corrected chi connectivity index (χ2v) is 14.2.